The van der Waals surface area contributed by atoms with Crippen LogP contribution in [0.4, 0.5) is 4.39 Å². The summed E-state index contributed by atoms with van der Waals surface area (Å²) in [5.41, 5.74) is 0.250. The molecule has 0 atom stereocenters. The maximum atomic E-state index is 13.6. The van der Waals surface area contributed by atoms with Crippen molar-refractivity contribution in [1.82, 2.24) is 0 Å². The Morgan fingerprint density at radius 1 is 1.06 bits per heavy atom. The van der Waals surface area contributed by atoms with E-state index in [0.717, 1.165) is 6.07 Å². The average molecular weight is 243 g/mol. The summed E-state index contributed by atoms with van der Waals surface area (Å²) >= 11 is 0. The fourth-order valence-corrected chi connectivity index (χ4v) is 1.47. The Hall–Kier alpha value is -2.54. The van der Waals surface area contributed by atoms with Gasteiger partial charge in [0.25, 0.3) is 0 Å². The molecule has 18 heavy (non-hydrogen) atoms. The molecule has 0 aliphatic rings. The van der Waals surface area contributed by atoms with E-state index in [0.29, 0.717) is 11.5 Å². The van der Waals surface area contributed by atoms with E-state index in [-0.39, 0.29) is 11.3 Å². The zero-order valence-electron chi connectivity index (χ0n) is 9.68. The molecule has 2 aromatic rings. The summed E-state index contributed by atoms with van der Waals surface area (Å²) in [6, 6.07) is 12.9. The molecule has 0 heterocycles. The second kappa shape index (κ2) is 5.19. The molecule has 0 radical (unpaired) electrons. The van der Waals surface area contributed by atoms with E-state index in [1.54, 1.807) is 24.3 Å². The van der Waals surface area contributed by atoms with Gasteiger partial charge in [-0.3, -0.25) is 0 Å². The van der Waals surface area contributed by atoms with E-state index >= 15 is 0 Å². The molecule has 90 valence electrons. The molecular weight excluding hydrogens is 233 g/mol. The van der Waals surface area contributed by atoms with Crippen molar-refractivity contribution in [3.8, 4) is 23.3 Å². The lowest BCUT2D eigenvalue weighted by Gasteiger charge is -2.10. The molecule has 2 rings (SSSR count). The summed E-state index contributed by atoms with van der Waals surface area (Å²) in [7, 11) is 1.51. The fraction of sp³-hybridized carbons (Fsp3) is 0.0714. The Balaban J connectivity index is 2.32. The summed E-state index contributed by atoms with van der Waals surface area (Å²) in [5.74, 6) is 0.406. The smallest absolute Gasteiger partial charge is 0.169 e. The first-order valence-corrected chi connectivity index (χ1v) is 5.25. The van der Waals surface area contributed by atoms with E-state index < -0.39 is 5.82 Å². The van der Waals surface area contributed by atoms with Crippen LogP contribution in [0.3, 0.4) is 0 Å². The predicted octanol–water partition coefficient (Wildman–Crippen LogP) is 3.50. The normalized spacial score (nSPS) is 9.61. The van der Waals surface area contributed by atoms with Gasteiger partial charge in [0.05, 0.1) is 18.7 Å². The maximum absolute atomic E-state index is 13.6. The van der Waals surface area contributed by atoms with Crippen LogP contribution in [0.1, 0.15) is 5.56 Å². The lowest BCUT2D eigenvalue weighted by atomic mass is 10.2. The van der Waals surface area contributed by atoms with E-state index in [1.165, 1.54) is 19.2 Å². The van der Waals surface area contributed by atoms with E-state index in [9.17, 15) is 4.39 Å². The van der Waals surface area contributed by atoms with Gasteiger partial charge in [0.1, 0.15) is 0 Å². The van der Waals surface area contributed by atoms with Crippen molar-refractivity contribution in [3.05, 3.63) is 53.8 Å². The number of para-hydroxylation sites is 2. The number of halogens is 1. The van der Waals surface area contributed by atoms with Crippen LogP contribution in [0.15, 0.2) is 42.5 Å². The summed E-state index contributed by atoms with van der Waals surface area (Å²) in [5, 5.41) is 8.65. The lowest BCUT2D eigenvalue weighted by molar-refractivity contribution is 0.371. The Kier molecular flexibility index (Phi) is 3.44. The van der Waals surface area contributed by atoms with Crippen LogP contribution >= 0.6 is 0 Å². The van der Waals surface area contributed by atoms with Gasteiger partial charge in [0, 0.05) is 0 Å². The van der Waals surface area contributed by atoms with Gasteiger partial charge in [-0.05, 0) is 30.3 Å². The standard InChI is InChI=1S/C14H10FNO2/c1-17-13-4-2-3-5-14(13)18-12-7-6-10(9-16)8-11(12)15/h2-8H,1H3. The molecule has 0 amide bonds. The Labute approximate surface area is 104 Å². The summed E-state index contributed by atoms with van der Waals surface area (Å²) in [4.78, 5) is 0. The van der Waals surface area contributed by atoms with Gasteiger partial charge in [0.2, 0.25) is 0 Å². The number of methoxy groups -OCH3 is 1. The summed E-state index contributed by atoms with van der Waals surface area (Å²) in [6.45, 7) is 0. The summed E-state index contributed by atoms with van der Waals surface area (Å²) < 4.78 is 24.2. The van der Waals surface area contributed by atoms with Crippen molar-refractivity contribution in [3.63, 3.8) is 0 Å². The molecule has 0 aliphatic heterocycles. The average Bonchev–Trinajstić information content (AvgIpc) is 2.41. The Morgan fingerprint density at radius 3 is 2.39 bits per heavy atom. The van der Waals surface area contributed by atoms with Crippen LogP contribution in [0.2, 0.25) is 0 Å². The summed E-state index contributed by atoms with van der Waals surface area (Å²) in [6.07, 6.45) is 0. The largest absolute Gasteiger partial charge is 0.493 e. The second-order valence-corrected chi connectivity index (χ2v) is 3.51. The van der Waals surface area contributed by atoms with E-state index in [2.05, 4.69) is 0 Å². The molecule has 0 aromatic heterocycles. The van der Waals surface area contributed by atoms with E-state index in [4.69, 9.17) is 14.7 Å². The highest BCUT2D eigenvalue weighted by atomic mass is 19.1. The van der Waals surface area contributed by atoms with Crippen molar-refractivity contribution >= 4 is 0 Å². The quantitative estimate of drug-likeness (QED) is 0.828. The molecule has 3 nitrogen and oxygen atoms in total. The molecule has 0 N–H and O–H groups in total. The molecule has 2 aromatic carbocycles. The Bertz CT molecular complexity index is 605. The molecule has 0 bridgehead atoms. The number of nitriles is 1. The van der Waals surface area contributed by atoms with Gasteiger partial charge < -0.3 is 9.47 Å². The first kappa shape index (κ1) is 11.9. The van der Waals surface area contributed by atoms with E-state index in [1.807, 2.05) is 6.07 Å². The van der Waals surface area contributed by atoms with Gasteiger partial charge in [-0.15, -0.1) is 0 Å². The van der Waals surface area contributed by atoms with Crippen LogP contribution in [-0.4, -0.2) is 7.11 Å². The minimum Gasteiger partial charge on any atom is -0.493 e. The number of nitrogens with zero attached hydrogens (tertiary/aromatic N) is 1. The monoisotopic (exact) mass is 243 g/mol. The highest BCUT2D eigenvalue weighted by molar-refractivity contribution is 5.44. The molecule has 0 spiro atoms. The number of hydrogen-bond acceptors (Lipinski definition) is 3. The van der Waals surface area contributed by atoms with Gasteiger partial charge in [0.15, 0.2) is 23.1 Å². The van der Waals surface area contributed by atoms with Gasteiger partial charge in [-0.25, -0.2) is 4.39 Å². The predicted molar refractivity (Wildman–Crippen MR) is 64.2 cm³/mol. The lowest BCUT2D eigenvalue weighted by Crippen LogP contribution is -1.92. The zero-order valence-corrected chi connectivity index (χ0v) is 9.68. The van der Waals surface area contributed by atoms with Crippen molar-refractivity contribution in [1.29, 1.82) is 5.26 Å². The third-order valence-electron chi connectivity index (χ3n) is 2.35. The molecule has 0 saturated carbocycles. The maximum Gasteiger partial charge on any atom is 0.169 e. The number of rotatable bonds is 3. The molecule has 4 heteroatoms. The number of hydrogen-bond donors (Lipinski definition) is 0. The van der Waals surface area contributed by atoms with Crippen molar-refractivity contribution in [2.75, 3.05) is 7.11 Å². The van der Waals surface area contributed by atoms with Gasteiger partial charge in [-0.2, -0.15) is 5.26 Å². The molecule has 0 unspecified atom stereocenters. The van der Waals surface area contributed by atoms with Gasteiger partial charge >= 0.3 is 0 Å². The number of benzene rings is 2. The van der Waals surface area contributed by atoms with Crippen LogP contribution in [-0.2, 0) is 0 Å². The third-order valence-corrected chi connectivity index (χ3v) is 2.35. The van der Waals surface area contributed by atoms with Crippen molar-refractivity contribution in [2.24, 2.45) is 0 Å². The first-order chi connectivity index (χ1) is 8.74. The van der Waals surface area contributed by atoms with Gasteiger partial charge in [-0.1, -0.05) is 12.1 Å². The first-order valence-electron chi connectivity index (χ1n) is 5.25. The van der Waals surface area contributed by atoms with Crippen molar-refractivity contribution < 1.29 is 13.9 Å². The zero-order chi connectivity index (χ0) is 13.0. The highest BCUT2D eigenvalue weighted by Crippen LogP contribution is 2.32. The molecular formula is C14H10FNO2. The highest BCUT2D eigenvalue weighted by Gasteiger charge is 2.09. The second-order valence-electron chi connectivity index (χ2n) is 3.51. The number of ether oxygens (including phenoxy) is 2. The van der Waals surface area contributed by atoms with Crippen molar-refractivity contribution in [2.45, 2.75) is 0 Å². The SMILES string of the molecule is COc1ccccc1Oc1ccc(C#N)cc1F. The fourth-order valence-electron chi connectivity index (χ4n) is 1.47. The molecule has 0 saturated heterocycles. The molecule has 0 aliphatic carbocycles. The minimum absolute atomic E-state index is 0.0542. The van der Waals surface area contributed by atoms with Crippen LogP contribution in [0.5, 0.6) is 17.2 Å². The van der Waals surface area contributed by atoms with Crippen LogP contribution < -0.4 is 9.47 Å². The Morgan fingerprint density at radius 2 is 1.78 bits per heavy atom. The van der Waals surface area contributed by atoms with Crippen LogP contribution in [0.25, 0.3) is 0 Å². The molecule has 0 fully saturated rings. The minimum atomic E-state index is -0.583. The van der Waals surface area contributed by atoms with Crippen LogP contribution in [0, 0.1) is 17.1 Å². The third kappa shape index (κ3) is 2.41. The topological polar surface area (TPSA) is 42.2 Å².